The normalized spacial score (nSPS) is 20.7. The third kappa shape index (κ3) is 1.28. The summed E-state index contributed by atoms with van der Waals surface area (Å²) >= 11 is 0. The van der Waals surface area contributed by atoms with Gasteiger partial charge in [0.2, 0.25) is 0 Å². The van der Waals surface area contributed by atoms with Gasteiger partial charge < -0.3 is 5.32 Å². The molecule has 1 aromatic rings. The SMILES string of the molecule is Fc1cc(C2CCN2)c(F)c(F)c1F. The molecule has 1 fully saturated rings. The van der Waals surface area contributed by atoms with E-state index in [-0.39, 0.29) is 5.56 Å². The maximum atomic E-state index is 13.1. The summed E-state index contributed by atoms with van der Waals surface area (Å²) in [7, 11) is 0. The van der Waals surface area contributed by atoms with Crippen LogP contribution in [0.15, 0.2) is 6.07 Å². The van der Waals surface area contributed by atoms with Crippen LogP contribution in [0.5, 0.6) is 0 Å². The Morgan fingerprint density at radius 3 is 2.21 bits per heavy atom. The second-order valence-corrected chi connectivity index (χ2v) is 3.18. The first kappa shape index (κ1) is 9.45. The summed E-state index contributed by atoms with van der Waals surface area (Å²) in [5, 5.41) is 2.78. The predicted molar refractivity (Wildman–Crippen MR) is 41.6 cm³/mol. The van der Waals surface area contributed by atoms with Crippen LogP contribution in [0, 0.1) is 23.3 Å². The van der Waals surface area contributed by atoms with Gasteiger partial charge in [-0.3, -0.25) is 0 Å². The highest BCUT2D eigenvalue weighted by Crippen LogP contribution is 2.28. The first-order chi connectivity index (χ1) is 6.61. The van der Waals surface area contributed by atoms with Crippen LogP contribution >= 0.6 is 0 Å². The molecular weight excluding hydrogens is 198 g/mol. The van der Waals surface area contributed by atoms with E-state index >= 15 is 0 Å². The summed E-state index contributed by atoms with van der Waals surface area (Å²) in [5.74, 6) is -6.16. The fourth-order valence-electron chi connectivity index (χ4n) is 1.40. The Morgan fingerprint density at radius 2 is 1.71 bits per heavy atom. The Hall–Kier alpha value is -1.10. The maximum absolute atomic E-state index is 13.1. The molecule has 0 aromatic heterocycles. The van der Waals surface area contributed by atoms with Crippen LogP contribution in [-0.4, -0.2) is 6.54 Å². The van der Waals surface area contributed by atoms with Crippen LogP contribution in [0.4, 0.5) is 17.6 Å². The fourth-order valence-corrected chi connectivity index (χ4v) is 1.40. The highest BCUT2D eigenvalue weighted by atomic mass is 19.2. The van der Waals surface area contributed by atoms with Crippen LogP contribution in [0.1, 0.15) is 18.0 Å². The summed E-state index contributed by atoms with van der Waals surface area (Å²) in [5.41, 5.74) is -0.146. The van der Waals surface area contributed by atoms with Crippen molar-refractivity contribution in [3.8, 4) is 0 Å². The predicted octanol–water partition coefficient (Wildman–Crippen LogP) is 2.28. The lowest BCUT2D eigenvalue weighted by molar-refractivity contribution is 0.347. The molecule has 1 heterocycles. The van der Waals surface area contributed by atoms with E-state index in [0.717, 1.165) is 0 Å². The Labute approximate surface area is 77.7 Å². The number of halogens is 4. The molecule has 5 heteroatoms. The maximum Gasteiger partial charge on any atom is 0.197 e. The molecule has 0 spiro atoms. The van der Waals surface area contributed by atoms with Crippen molar-refractivity contribution >= 4 is 0 Å². The molecule has 1 aromatic carbocycles. The van der Waals surface area contributed by atoms with Crippen LogP contribution in [0.2, 0.25) is 0 Å². The van der Waals surface area contributed by atoms with Gasteiger partial charge in [0.1, 0.15) is 0 Å². The Balaban J connectivity index is 2.49. The first-order valence-electron chi connectivity index (χ1n) is 4.17. The van der Waals surface area contributed by atoms with E-state index in [1.807, 2.05) is 0 Å². The average Bonchev–Trinajstić information content (AvgIpc) is 2.08. The number of hydrogen-bond acceptors (Lipinski definition) is 1. The van der Waals surface area contributed by atoms with Gasteiger partial charge in [0.15, 0.2) is 23.3 Å². The topological polar surface area (TPSA) is 12.0 Å². The zero-order chi connectivity index (χ0) is 10.3. The molecule has 1 atom stereocenters. The smallest absolute Gasteiger partial charge is 0.197 e. The lowest BCUT2D eigenvalue weighted by Gasteiger charge is -2.28. The second kappa shape index (κ2) is 3.24. The van der Waals surface area contributed by atoms with Crippen molar-refractivity contribution in [3.63, 3.8) is 0 Å². The molecule has 2 rings (SSSR count). The van der Waals surface area contributed by atoms with Crippen molar-refractivity contribution in [1.82, 2.24) is 5.32 Å². The molecule has 0 radical (unpaired) electrons. The van der Waals surface area contributed by atoms with Gasteiger partial charge in [0, 0.05) is 11.6 Å². The highest BCUT2D eigenvalue weighted by Gasteiger charge is 2.27. The number of benzene rings is 1. The van der Waals surface area contributed by atoms with E-state index in [4.69, 9.17) is 0 Å². The van der Waals surface area contributed by atoms with Crippen LogP contribution in [0.25, 0.3) is 0 Å². The standard InChI is InChI=1S/C9H7F4N/c10-5-3-4(6-1-2-14-6)7(11)9(13)8(5)12/h3,6,14H,1-2H2. The lowest BCUT2D eigenvalue weighted by Crippen LogP contribution is -2.36. The van der Waals surface area contributed by atoms with Gasteiger partial charge in [0.05, 0.1) is 0 Å². The Bertz CT molecular complexity index is 374. The van der Waals surface area contributed by atoms with Crippen LogP contribution in [-0.2, 0) is 0 Å². The van der Waals surface area contributed by atoms with Gasteiger partial charge >= 0.3 is 0 Å². The fraction of sp³-hybridized carbons (Fsp3) is 0.333. The molecule has 1 unspecified atom stereocenters. The monoisotopic (exact) mass is 205 g/mol. The Morgan fingerprint density at radius 1 is 1.07 bits per heavy atom. The van der Waals surface area contributed by atoms with Crippen molar-refractivity contribution in [1.29, 1.82) is 0 Å². The summed E-state index contributed by atoms with van der Waals surface area (Å²) in [6, 6.07) is 0.296. The van der Waals surface area contributed by atoms with Gasteiger partial charge in [-0.2, -0.15) is 0 Å². The van der Waals surface area contributed by atoms with Crippen molar-refractivity contribution in [2.75, 3.05) is 6.54 Å². The summed E-state index contributed by atoms with van der Waals surface area (Å²) in [6.45, 7) is 0.671. The van der Waals surface area contributed by atoms with Crippen LogP contribution < -0.4 is 5.32 Å². The lowest BCUT2D eigenvalue weighted by atomic mass is 9.97. The first-order valence-corrected chi connectivity index (χ1v) is 4.17. The number of rotatable bonds is 1. The molecule has 0 amide bonds. The van der Waals surface area contributed by atoms with Gasteiger partial charge in [0.25, 0.3) is 0 Å². The second-order valence-electron chi connectivity index (χ2n) is 3.18. The number of nitrogens with one attached hydrogen (secondary N) is 1. The molecule has 1 N–H and O–H groups in total. The Kier molecular flexibility index (Phi) is 2.19. The molecule has 1 aliphatic heterocycles. The summed E-state index contributed by atoms with van der Waals surface area (Å²) < 4.78 is 51.1. The molecule has 1 nitrogen and oxygen atoms in total. The van der Waals surface area contributed by atoms with E-state index in [1.165, 1.54) is 0 Å². The van der Waals surface area contributed by atoms with E-state index in [9.17, 15) is 17.6 Å². The average molecular weight is 205 g/mol. The van der Waals surface area contributed by atoms with Crippen LogP contribution in [0.3, 0.4) is 0 Å². The minimum atomic E-state index is -1.76. The minimum absolute atomic E-state index is 0.146. The third-order valence-corrected chi connectivity index (χ3v) is 2.33. The largest absolute Gasteiger partial charge is 0.310 e. The van der Waals surface area contributed by atoms with E-state index < -0.39 is 29.3 Å². The van der Waals surface area contributed by atoms with Crippen molar-refractivity contribution in [3.05, 3.63) is 34.9 Å². The molecular formula is C9H7F4N. The van der Waals surface area contributed by atoms with E-state index in [0.29, 0.717) is 19.0 Å². The molecule has 0 saturated carbocycles. The molecule has 1 aliphatic rings. The van der Waals surface area contributed by atoms with Crippen molar-refractivity contribution in [2.45, 2.75) is 12.5 Å². The van der Waals surface area contributed by atoms with Gasteiger partial charge in [-0.1, -0.05) is 0 Å². The van der Waals surface area contributed by atoms with E-state index in [1.54, 1.807) is 0 Å². The minimum Gasteiger partial charge on any atom is -0.310 e. The molecule has 1 saturated heterocycles. The van der Waals surface area contributed by atoms with Gasteiger partial charge in [-0.25, -0.2) is 17.6 Å². The summed E-state index contributed by atoms with van der Waals surface area (Å²) in [4.78, 5) is 0. The molecule has 0 bridgehead atoms. The highest BCUT2D eigenvalue weighted by molar-refractivity contribution is 5.26. The summed E-state index contributed by atoms with van der Waals surface area (Å²) in [6.07, 6.45) is 0.599. The van der Waals surface area contributed by atoms with Crippen molar-refractivity contribution in [2.24, 2.45) is 0 Å². The van der Waals surface area contributed by atoms with E-state index in [2.05, 4.69) is 5.32 Å². The van der Waals surface area contributed by atoms with Gasteiger partial charge in [-0.15, -0.1) is 0 Å². The zero-order valence-corrected chi connectivity index (χ0v) is 7.08. The van der Waals surface area contributed by atoms with Crippen molar-refractivity contribution < 1.29 is 17.6 Å². The quantitative estimate of drug-likeness (QED) is 0.421. The molecule has 14 heavy (non-hydrogen) atoms. The zero-order valence-electron chi connectivity index (χ0n) is 7.08. The molecule has 0 aliphatic carbocycles. The van der Waals surface area contributed by atoms with Gasteiger partial charge in [-0.05, 0) is 19.0 Å². The number of hydrogen-bond donors (Lipinski definition) is 1. The third-order valence-electron chi connectivity index (χ3n) is 2.33. The molecule has 76 valence electrons.